The highest BCUT2D eigenvalue weighted by atomic mass is 16.7. The molecular formula is C27H37N3O5. The van der Waals surface area contributed by atoms with Crippen LogP contribution in [-0.4, -0.2) is 81.6 Å². The minimum absolute atomic E-state index is 0.0785. The lowest BCUT2D eigenvalue weighted by molar-refractivity contribution is -0.136. The number of piperidine rings is 1. The maximum Gasteiger partial charge on any atom is 0.411 e. The van der Waals surface area contributed by atoms with E-state index in [1.165, 1.54) is 0 Å². The van der Waals surface area contributed by atoms with Crippen molar-refractivity contribution >= 4 is 17.7 Å². The van der Waals surface area contributed by atoms with Crippen molar-refractivity contribution in [1.29, 1.82) is 0 Å². The van der Waals surface area contributed by atoms with Crippen molar-refractivity contribution in [2.24, 2.45) is 0 Å². The molecule has 1 saturated heterocycles. The van der Waals surface area contributed by atoms with Crippen LogP contribution < -0.4 is 5.32 Å². The Morgan fingerprint density at radius 1 is 1.03 bits per heavy atom. The van der Waals surface area contributed by atoms with Gasteiger partial charge in [-0.05, 0) is 24.5 Å². The molecule has 0 atom stereocenters. The zero-order chi connectivity index (χ0) is 25.0. The van der Waals surface area contributed by atoms with Gasteiger partial charge in [0.2, 0.25) is 5.91 Å². The number of amides is 2. The number of likely N-dealkylation sites (tertiary alicyclic amines) is 1. The number of methoxy groups -OCH3 is 2. The van der Waals surface area contributed by atoms with Gasteiger partial charge < -0.3 is 24.0 Å². The molecule has 0 radical (unpaired) electrons. The fraction of sp³-hybridized carbons (Fsp3) is 0.481. The van der Waals surface area contributed by atoms with Crippen LogP contribution in [0, 0.1) is 0 Å². The molecule has 1 fully saturated rings. The molecule has 35 heavy (non-hydrogen) atoms. The average Bonchev–Trinajstić information content (AvgIpc) is 2.89. The van der Waals surface area contributed by atoms with Crippen molar-refractivity contribution in [1.82, 2.24) is 9.80 Å². The lowest BCUT2D eigenvalue weighted by Gasteiger charge is -2.32. The minimum Gasteiger partial charge on any atom is -0.446 e. The van der Waals surface area contributed by atoms with Gasteiger partial charge >= 0.3 is 6.09 Å². The van der Waals surface area contributed by atoms with E-state index in [4.69, 9.17) is 14.2 Å². The maximum atomic E-state index is 12.6. The van der Waals surface area contributed by atoms with Gasteiger partial charge in [0.05, 0.1) is 5.69 Å². The van der Waals surface area contributed by atoms with Crippen LogP contribution in [0.25, 0.3) is 11.1 Å². The summed E-state index contributed by atoms with van der Waals surface area (Å²) in [6, 6.07) is 17.7. The highest BCUT2D eigenvalue weighted by Crippen LogP contribution is 2.28. The van der Waals surface area contributed by atoms with Crippen molar-refractivity contribution in [2.45, 2.75) is 38.1 Å². The Bertz CT molecular complexity index is 927. The normalized spacial score (nSPS) is 14.6. The first-order chi connectivity index (χ1) is 17.0. The van der Waals surface area contributed by atoms with Gasteiger partial charge in [-0.1, -0.05) is 48.5 Å². The number of anilines is 1. The molecule has 1 heterocycles. The van der Waals surface area contributed by atoms with Crippen LogP contribution in [0.15, 0.2) is 54.6 Å². The molecule has 190 valence electrons. The van der Waals surface area contributed by atoms with E-state index < -0.39 is 6.09 Å². The molecular weight excluding hydrogens is 446 g/mol. The van der Waals surface area contributed by atoms with Crippen molar-refractivity contribution in [3.8, 4) is 11.1 Å². The third kappa shape index (κ3) is 8.35. The predicted molar refractivity (Wildman–Crippen MR) is 136 cm³/mol. The number of hydrogen-bond acceptors (Lipinski definition) is 6. The van der Waals surface area contributed by atoms with Crippen molar-refractivity contribution in [3.63, 3.8) is 0 Å². The van der Waals surface area contributed by atoms with Crippen LogP contribution in [0.4, 0.5) is 10.5 Å². The molecule has 2 aromatic carbocycles. The molecule has 8 heteroatoms. The van der Waals surface area contributed by atoms with Crippen LogP contribution in [0.2, 0.25) is 0 Å². The first kappa shape index (κ1) is 26.7. The number of ether oxygens (including phenoxy) is 3. The van der Waals surface area contributed by atoms with Gasteiger partial charge in [0.1, 0.15) is 6.10 Å². The fourth-order valence-corrected chi connectivity index (χ4v) is 4.18. The summed E-state index contributed by atoms with van der Waals surface area (Å²) in [5.41, 5.74) is 2.73. The molecule has 2 aromatic rings. The zero-order valence-corrected chi connectivity index (χ0v) is 20.9. The van der Waals surface area contributed by atoms with Crippen molar-refractivity contribution < 1.29 is 23.8 Å². The Balaban J connectivity index is 1.39. The largest absolute Gasteiger partial charge is 0.446 e. The molecule has 1 aliphatic rings. The molecule has 0 bridgehead atoms. The summed E-state index contributed by atoms with van der Waals surface area (Å²) in [5, 5.41) is 2.91. The third-order valence-electron chi connectivity index (χ3n) is 6.35. The van der Waals surface area contributed by atoms with E-state index in [0.29, 0.717) is 19.4 Å². The number of benzene rings is 2. The van der Waals surface area contributed by atoms with Crippen LogP contribution in [0.1, 0.15) is 25.7 Å². The molecule has 0 aromatic heterocycles. The smallest absolute Gasteiger partial charge is 0.411 e. The summed E-state index contributed by atoms with van der Waals surface area (Å²) in [7, 11) is 4.97. The number of carbonyl (C=O) groups is 2. The van der Waals surface area contributed by atoms with E-state index in [-0.39, 0.29) is 18.3 Å². The van der Waals surface area contributed by atoms with Crippen LogP contribution >= 0.6 is 0 Å². The minimum atomic E-state index is -0.428. The van der Waals surface area contributed by atoms with Gasteiger partial charge in [0, 0.05) is 65.9 Å². The van der Waals surface area contributed by atoms with Crippen molar-refractivity contribution in [3.05, 3.63) is 54.6 Å². The Labute approximate surface area is 208 Å². The molecule has 8 nitrogen and oxygen atoms in total. The topological polar surface area (TPSA) is 80.3 Å². The Morgan fingerprint density at radius 3 is 2.37 bits per heavy atom. The third-order valence-corrected chi connectivity index (χ3v) is 6.35. The number of carbonyl (C=O) groups excluding carboxylic acids is 2. The van der Waals surface area contributed by atoms with Gasteiger partial charge in [-0.15, -0.1) is 0 Å². The second-order valence-corrected chi connectivity index (χ2v) is 8.74. The Hall–Kier alpha value is -2.94. The molecule has 1 N–H and O–H groups in total. The summed E-state index contributed by atoms with van der Waals surface area (Å²) < 4.78 is 16.0. The summed E-state index contributed by atoms with van der Waals surface area (Å²) in [6.07, 6.45) is 1.58. The highest BCUT2D eigenvalue weighted by Gasteiger charge is 2.23. The summed E-state index contributed by atoms with van der Waals surface area (Å²) >= 11 is 0. The number of para-hydroxylation sites is 1. The van der Waals surface area contributed by atoms with Gasteiger partial charge in [0.15, 0.2) is 6.29 Å². The molecule has 3 rings (SSSR count). The summed E-state index contributed by atoms with van der Waals surface area (Å²) in [5.74, 6) is 0.0785. The molecule has 0 aliphatic carbocycles. The van der Waals surface area contributed by atoms with E-state index in [0.717, 1.165) is 49.3 Å². The number of nitrogens with one attached hydrogen (secondary N) is 1. The maximum absolute atomic E-state index is 12.6. The monoisotopic (exact) mass is 483 g/mol. The lowest BCUT2D eigenvalue weighted by Crippen LogP contribution is -2.42. The Kier molecular flexibility index (Phi) is 10.5. The van der Waals surface area contributed by atoms with Crippen LogP contribution in [0.5, 0.6) is 0 Å². The van der Waals surface area contributed by atoms with Gasteiger partial charge in [-0.3, -0.25) is 10.1 Å². The second kappa shape index (κ2) is 13.8. The highest BCUT2D eigenvalue weighted by molar-refractivity contribution is 5.91. The number of likely N-dealkylation sites (N-methyl/N-ethyl adjacent to an activating group) is 1. The average molecular weight is 484 g/mol. The standard InChI is InChI=1S/C27H37N3O5/c1-29(25(31)13-14-26(33-2)34-3)19-20-30-17-15-22(16-18-30)35-27(32)28-24-12-8-7-11-23(24)21-9-5-4-6-10-21/h4-12,22,26H,13-20H2,1-3H3,(H,28,32). The Morgan fingerprint density at radius 2 is 1.69 bits per heavy atom. The molecule has 0 spiro atoms. The predicted octanol–water partition coefficient (Wildman–Crippen LogP) is 4.22. The van der Waals surface area contributed by atoms with Crippen LogP contribution in [0.3, 0.4) is 0 Å². The second-order valence-electron chi connectivity index (χ2n) is 8.74. The van der Waals surface area contributed by atoms with E-state index in [2.05, 4.69) is 10.2 Å². The van der Waals surface area contributed by atoms with Gasteiger partial charge in [-0.2, -0.15) is 0 Å². The molecule has 0 saturated carbocycles. The quantitative estimate of drug-likeness (QED) is 0.482. The lowest BCUT2D eigenvalue weighted by atomic mass is 10.0. The number of rotatable bonds is 11. The van der Waals surface area contributed by atoms with E-state index in [9.17, 15) is 9.59 Å². The van der Waals surface area contributed by atoms with E-state index >= 15 is 0 Å². The fourth-order valence-electron chi connectivity index (χ4n) is 4.18. The summed E-state index contributed by atoms with van der Waals surface area (Å²) in [6.45, 7) is 3.11. The van der Waals surface area contributed by atoms with Crippen LogP contribution in [-0.2, 0) is 19.0 Å². The number of hydrogen-bond donors (Lipinski definition) is 1. The number of nitrogens with zero attached hydrogens (tertiary/aromatic N) is 2. The molecule has 1 aliphatic heterocycles. The van der Waals surface area contributed by atoms with Gasteiger partial charge in [0.25, 0.3) is 0 Å². The van der Waals surface area contributed by atoms with E-state index in [1.54, 1.807) is 19.1 Å². The SMILES string of the molecule is COC(CCC(=O)N(C)CCN1CCC(OC(=O)Nc2ccccc2-c2ccccc2)CC1)OC. The van der Waals surface area contributed by atoms with Gasteiger partial charge in [-0.25, -0.2) is 4.79 Å². The zero-order valence-electron chi connectivity index (χ0n) is 20.9. The first-order valence-electron chi connectivity index (χ1n) is 12.1. The molecule has 0 unspecified atom stereocenters. The molecule has 2 amide bonds. The van der Waals surface area contributed by atoms with Crippen molar-refractivity contribution in [2.75, 3.05) is 52.8 Å². The summed E-state index contributed by atoms with van der Waals surface area (Å²) in [4.78, 5) is 29.0. The first-order valence-corrected chi connectivity index (χ1v) is 12.1. The van der Waals surface area contributed by atoms with E-state index in [1.807, 2.05) is 61.6 Å².